The molecule has 2 N–H and O–H groups in total. The highest BCUT2D eigenvalue weighted by Gasteiger charge is 2.18. The maximum Gasteiger partial charge on any atom is 0.243 e. The van der Waals surface area contributed by atoms with Gasteiger partial charge in [0.15, 0.2) is 0 Å². The van der Waals surface area contributed by atoms with Gasteiger partial charge in [-0.2, -0.15) is 11.8 Å². The zero-order valence-electron chi connectivity index (χ0n) is 11.4. The van der Waals surface area contributed by atoms with Crippen LogP contribution in [0.2, 0.25) is 0 Å². The maximum atomic E-state index is 12.1. The van der Waals surface area contributed by atoms with Crippen molar-refractivity contribution < 1.29 is 8.42 Å². The second kappa shape index (κ2) is 7.66. The van der Waals surface area contributed by atoms with Gasteiger partial charge in [-0.05, 0) is 24.9 Å². The number of aromatic nitrogens is 2. The third-order valence-electron chi connectivity index (χ3n) is 2.42. The summed E-state index contributed by atoms with van der Waals surface area (Å²) in [4.78, 5) is 7.89. The van der Waals surface area contributed by atoms with Crippen molar-refractivity contribution in [3.8, 4) is 0 Å². The van der Waals surface area contributed by atoms with E-state index >= 15 is 0 Å². The van der Waals surface area contributed by atoms with Crippen LogP contribution in [0, 0.1) is 0 Å². The smallest absolute Gasteiger partial charge is 0.243 e. The van der Waals surface area contributed by atoms with E-state index in [2.05, 4.69) is 26.9 Å². The second-order valence-electron chi connectivity index (χ2n) is 4.00. The SMILES string of the molecule is CCSCCC(C)NS(=O)(=O)c1cnc(NC)nc1. The fourth-order valence-electron chi connectivity index (χ4n) is 1.38. The minimum atomic E-state index is -3.53. The van der Waals surface area contributed by atoms with Gasteiger partial charge in [-0.3, -0.25) is 0 Å². The van der Waals surface area contributed by atoms with Gasteiger partial charge < -0.3 is 5.32 Å². The minimum absolute atomic E-state index is 0.0847. The van der Waals surface area contributed by atoms with Gasteiger partial charge in [0.1, 0.15) is 4.90 Å². The Morgan fingerprint density at radius 2 is 2.00 bits per heavy atom. The molecule has 1 rings (SSSR count). The largest absolute Gasteiger partial charge is 0.357 e. The van der Waals surface area contributed by atoms with Crippen molar-refractivity contribution in [2.45, 2.75) is 31.2 Å². The van der Waals surface area contributed by atoms with Crippen LogP contribution >= 0.6 is 11.8 Å². The Balaban J connectivity index is 2.63. The summed E-state index contributed by atoms with van der Waals surface area (Å²) in [6, 6.07) is -0.104. The summed E-state index contributed by atoms with van der Waals surface area (Å²) in [5.41, 5.74) is 0. The first-order chi connectivity index (χ1) is 8.99. The van der Waals surface area contributed by atoms with E-state index in [0.717, 1.165) is 17.9 Å². The molecule has 0 fully saturated rings. The first kappa shape index (κ1) is 16.2. The van der Waals surface area contributed by atoms with Crippen molar-refractivity contribution in [1.82, 2.24) is 14.7 Å². The lowest BCUT2D eigenvalue weighted by molar-refractivity contribution is 0.556. The lowest BCUT2D eigenvalue weighted by atomic mass is 10.3. The van der Waals surface area contributed by atoms with Crippen molar-refractivity contribution in [2.24, 2.45) is 0 Å². The van der Waals surface area contributed by atoms with Crippen LogP contribution < -0.4 is 10.0 Å². The van der Waals surface area contributed by atoms with E-state index in [1.54, 1.807) is 18.8 Å². The molecule has 19 heavy (non-hydrogen) atoms. The minimum Gasteiger partial charge on any atom is -0.357 e. The molecule has 6 nitrogen and oxygen atoms in total. The summed E-state index contributed by atoms with van der Waals surface area (Å²) in [5, 5.41) is 2.74. The van der Waals surface area contributed by atoms with Crippen LogP contribution in [0.4, 0.5) is 5.95 Å². The number of rotatable bonds is 8. The average molecular weight is 304 g/mol. The van der Waals surface area contributed by atoms with E-state index in [9.17, 15) is 8.42 Å². The summed E-state index contributed by atoms with van der Waals surface area (Å²) in [6.07, 6.45) is 3.40. The van der Waals surface area contributed by atoms with Gasteiger partial charge in [0, 0.05) is 13.1 Å². The third-order valence-corrected chi connectivity index (χ3v) is 4.89. The monoisotopic (exact) mass is 304 g/mol. The zero-order chi connectivity index (χ0) is 14.3. The first-order valence-corrected chi connectivity index (χ1v) is 8.73. The topological polar surface area (TPSA) is 84.0 Å². The highest BCUT2D eigenvalue weighted by molar-refractivity contribution is 7.99. The Bertz CT molecular complexity index is 476. The van der Waals surface area contributed by atoms with Crippen LogP contribution in [-0.2, 0) is 10.0 Å². The lowest BCUT2D eigenvalue weighted by Gasteiger charge is -2.13. The Kier molecular flexibility index (Phi) is 6.53. The molecule has 1 unspecified atom stereocenters. The van der Waals surface area contributed by atoms with Crippen LogP contribution in [0.1, 0.15) is 20.3 Å². The fraction of sp³-hybridized carbons (Fsp3) is 0.636. The highest BCUT2D eigenvalue weighted by Crippen LogP contribution is 2.10. The third kappa shape index (κ3) is 5.33. The van der Waals surface area contributed by atoms with Gasteiger partial charge in [-0.25, -0.2) is 23.1 Å². The molecular formula is C11H20N4O2S2. The number of nitrogens with one attached hydrogen (secondary N) is 2. The van der Waals surface area contributed by atoms with Crippen molar-refractivity contribution in [2.75, 3.05) is 23.9 Å². The number of sulfonamides is 1. The molecule has 1 aromatic rings. The number of hydrogen-bond acceptors (Lipinski definition) is 6. The normalized spacial score (nSPS) is 13.2. The lowest BCUT2D eigenvalue weighted by Crippen LogP contribution is -2.33. The van der Waals surface area contributed by atoms with Gasteiger partial charge in [-0.1, -0.05) is 6.92 Å². The molecule has 0 aromatic carbocycles. The van der Waals surface area contributed by atoms with Crippen molar-refractivity contribution in [3.05, 3.63) is 12.4 Å². The van der Waals surface area contributed by atoms with E-state index in [1.807, 2.05) is 6.92 Å². The molecule has 0 aliphatic rings. The Hall–Kier alpha value is -0.860. The molecule has 0 saturated carbocycles. The van der Waals surface area contributed by atoms with Crippen LogP contribution in [0.3, 0.4) is 0 Å². The predicted octanol–water partition coefficient (Wildman–Crippen LogP) is 1.33. The molecule has 8 heteroatoms. The quantitative estimate of drug-likeness (QED) is 0.705. The molecular weight excluding hydrogens is 284 g/mol. The van der Waals surface area contributed by atoms with E-state index < -0.39 is 10.0 Å². The van der Waals surface area contributed by atoms with Gasteiger partial charge in [-0.15, -0.1) is 0 Å². The summed E-state index contributed by atoms with van der Waals surface area (Å²) in [5.74, 6) is 2.38. The Labute approximate surface area is 118 Å². The van der Waals surface area contributed by atoms with Crippen molar-refractivity contribution in [1.29, 1.82) is 0 Å². The molecule has 0 radical (unpaired) electrons. The van der Waals surface area contributed by atoms with Crippen molar-refractivity contribution in [3.63, 3.8) is 0 Å². The average Bonchev–Trinajstić information content (AvgIpc) is 2.38. The molecule has 1 atom stereocenters. The molecule has 0 saturated heterocycles. The summed E-state index contributed by atoms with van der Waals surface area (Å²) in [6.45, 7) is 3.94. The van der Waals surface area contributed by atoms with Crippen LogP contribution in [0.5, 0.6) is 0 Å². The number of thioether (sulfide) groups is 1. The Morgan fingerprint density at radius 1 is 1.37 bits per heavy atom. The Morgan fingerprint density at radius 3 is 2.53 bits per heavy atom. The zero-order valence-corrected chi connectivity index (χ0v) is 13.0. The maximum absolute atomic E-state index is 12.1. The molecule has 0 aliphatic heterocycles. The molecule has 1 aromatic heterocycles. The standard InChI is InChI=1S/C11H20N4O2S2/c1-4-18-6-5-9(2)15-19(16,17)10-7-13-11(12-3)14-8-10/h7-9,15H,4-6H2,1-3H3,(H,12,13,14). The van der Waals surface area contributed by atoms with Gasteiger partial charge in [0.05, 0.1) is 12.4 Å². The summed E-state index contributed by atoms with van der Waals surface area (Å²) < 4.78 is 26.7. The van der Waals surface area contributed by atoms with Gasteiger partial charge in [0.2, 0.25) is 16.0 Å². The molecule has 1 heterocycles. The van der Waals surface area contributed by atoms with E-state index in [1.165, 1.54) is 12.4 Å². The fourth-order valence-corrected chi connectivity index (χ4v) is 3.36. The van der Waals surface area contributed by atoms with Crippen molar-refractivity contribution >= 4 is 27.7 Å². The summed E-state index contributed by atoms with van der Waals surface area (Å²) in [7, 11) is -1.86. The van der Waals surface area contributed by atoms with Crippen LogP contribution in [0.15, 0.2) is 17.3 Å². The molecule has 108 valence electrons. The number of nitrogens with zero attached hydrogens (tertiary/aromatic N) is 2. The van der Waals surface area contributed by atoms with Crippen LogP contribution in [-0.4, -0.2) is 43.0 Å². The number of hydrogen-bond donors (Lipinski definition) is 2. The molecule has 0 spiro atoms. The first-order valence-electron chi connectivity index (χ1n) is 6.09. The van der Waals surface area contributed by atoms with E-state index in [4.69, 9.17) is 0 Å². The number of anilines is 1. The molecule has 0 amide bonds. The highest BCUT2D eigenvalue weighted by atomic mass is 32.2. The van der Waals surface area contributed by atoms with E-state index in [0.29, 0.717) is 5.95 Å². The molecule has 0 bridgehead atoms. The second-order valence-corrected chi connectivity index (χ2v) is 7.11. The van der Waals surface area contributed by atoms with Gasteiger partial charge >= 0.3 is 0 Å². The van der Waals surface area contributed by atoms with E-state index in [-0.39, 0.29) is 10.9 Å². The predicted molar refractivity (Wildman–Crippen MR) is 79.0 cm³/mol. The summed E-state index contributed by atoms with van der Waals surface area (Å²) >= 11 is 1.80. The van der Waals surface area contributed by atoms with Gasteiger partial charge in [0.25, 0.3) is 0 Å². The van der Waals surface area contributed by atoms with Crippen LogP contribution in [0.25, 0.3) is 0 Å². The molecule has 0 aliphatic carbocycles.